The fourth-order valence-corrected chi connectivity index (χ4v) is 6.34. The predicted octanol–water partition coefficient (Wildman–Crippen LogP) is 4.40. The molecule has 0 saturated heterocycles. The lowest BCUT2D eigenvalue weighted by atomic mass is 9.97. The second-order valence-electron chi connectivity index (χ2n) is 8.53. The van der Waals surface area contributed by atoms with Gasteiger partial charge in [-0.2, -0.15) is 11.3 Å². The maximum absolute atomic E-state index is 13.2. The molecule has 6 nitrogen and oxygen atoms in total. The first kappa shape index (κ1) is 23.6. The van der Waals surface area contributed by atoms with Crippen molar-refractivity contribution < 1.29 is 13.2 Å². The molecule has 0 bridgehead atoms. The van der Waals surface area contributed by atoms with Crippen molar-refractivity contribution in [1.29, 1.82) is 0 Å². The standard InChI is InChI=1S/C25H29N3O3S2/c1-17-12-23(13-18(2)25(17)27-19(3)29)33(30,31)26-14-24(22-9-11-32-16-22)28-10-8-20-6-4-5-7-21(20)15-28/h4-7,9,11-13,16,24,26H,8,10,14-15H2,1-3H3,(H,27,29). The van der Waals surface area contributed by atoms with Gasteiger partial charge in [0.25, 0.3) is 0 Å². The third kappa shape index (κ3) is 5.35. The van der Waals surface area contributed by atoms with E-state index >= 15 is 0 Å². The first-order valence-corrected chi connectivity index (χ1v) is 13.4. The number of sulfonamides is 1. The summed E-state index contributed by atoms with van der Waals surface area (Å²) in [7, 11) is -3.72. The quantitative estimate of drug-likeness (QED) is 0.522. The molecule has 2 heterocycles. The van der Waals surface area contributed by atoms with Crippen LogP contribution in [0.2, 0.25) is 0 Å². The van der Waals surface area contributed by atoms with Crippen molar-refractivity contribution in [2.45, 2.75) is 44.7 Å². The van der Waals surface area contributed by atoms with Gasteiger partial charge in [0.2, 0.25) is 15.9 Å². The number of benzene rings is 2. The summed E-state index contributed by atoms with van der Waals surface area (Å²) >= 11 is 1.62. The molecular weight excluding hydrogens is 454 g/mol. The van der Waals surface area contributed by atoms with Crippen LogP contribution in [-0.2, 0) is 27.8 Å². The Labute approximate surface area is 199 Å². The Balaban J connectivity index is 1.55. The number of fused-ring (bicyclic) bond motifs is 1. The van der Waals surface area contributed by atoms with Gasteiger partial charge in [-0.1, -0.05) is 24.3 Å². The van der Waals surface area contributed by atoms with E-state index in [-0.39, 0.29) is 23.4 Å². The minimum absolute atomic E-state index is 0.0553. The van der Waals surface area contributed by atoms with Gasteiger partial charge in [0.15, 0.2) is 0 Å². The Morgan fingerprint density at radius 2 is 1.82 bits per heavy atom. The average Bonchev–Trinajstić information content (AvgIpc) is 3.30. The predicted molar refractivity (Wildman–Crippen MR) is 133 cm³/mol. The van der Waals surface area contributed by atoms with Gasteiger partial charge in [0, 0.05) is 38.3 Å². The second kappa shape index (κ2) is 9.77. The lowest BCUT2D eigenvalue weighted by molar-refractivity contribution is -0.114. The second-order valence-corrected chi connectivity index (χ2v) is 11.1. The molecule has 0 spiro atoms. The fourth-order valence-electron chi connectivity index (χ4n) is 4.43. The third-order valence-electron chi connectivity index (χ3n) is 6.11. The summed E-state index contributed by atoms with van der Waals surface area (Å²) in [6.07, 6.45) is 0.951. The molecule has 1 amide bonds. The molecule has 1 aliphatic rings. The monoisotopic (exact) mass is 483 g/mol. The van der Waals surface area contributed by atoms with Gasteiger partial charge >= 0.3 is 0 Å². The fraction of sp³-hybridized carbons (Fsp3) is 0.320. The van der Waals surface area contributed by atoms with Crippen molar-refractivity contribution >= 4 is 33.0 Å². The summed E-state index contributed by atoms with van der Waals surface area (Å²) in [6.45, 7) is 7.00. The molecule has 0 fully saturated rings. The van der Waals surface area contributed by atoms with Gasteiger partial charge in [-0.3, -0.25) is 9.69 Å². The van der Waals surface area contributed by atoms with Gasteiger partial charge < -0.3 is 5.32 Å². The van der Waals surface area contributed by atoms with Crippen LogP contribution in [0.5, 0.6) is 0 Å². The topological polar surface area (TPSA) is 78.5 Å². The zero-order valence-corrected chi connectivity index (χ0v) is 20.7. The zero-order valence-electron chi connectivity index (χ0n) is 19.1. The van der Waals surface area contributed by atoms with E-state index in [0.717, 1.165) is 25.1 Å². The zero-order chi connectivity index (χ0) is 23.6. The average molecular weight is 484 g/mol. The highest BCUT2D eigenvalue weighted by molar-refractivity contribution is 7.89. The van der Waals surface area contributed by atoms with E-state index in [2.05, 4.69) is 50.7 Å². The summed E-state index contributed by atoms with van der Waals surface area (Å²) in [5, 5.41) is 6.90. The number of nitrogens with one attached hydrogen (secondary N) is 2. The molecule has 8 heteroatoms. The van der Waals surface area contributed by atoms with E-state index < -0.39 is 10.0 Å². The van der Waals surface area contributed by atoms with Crippen LogP contribution in [0.1, 0.15) is 40.8 Å². The maximum Gasteiger partial charge on any atom is 0.240 e. The number of thiophene rings is 1. The van der Waals surface area contributed by atoms with E-state index in [1.807, 2.05) is 5.38 Å². The van der Waals surface area contributed by atoms with Gasteiger partial charge in [0.1, 0.15) is 0 Å². The molecular formula is C25H29N3O3S2. The minimum Gasteiger partial charge on any atom is -0.326 e. The minimum atomic E-state index is -3.72. The Morgan fingerprint density at radius 1 is 1.12 bits per heavy atom. The Kier molecular flexibility index (Phi) is 6.99. The highest BCUT2D eigenvalue weighted by Gasteiger charge is 2.27. The van der Waals surface area contributed by atoms with Gasteiger partial charge in [-0.05, 0) is 77.0 Å². The Bertz CT molecular complexity index is 1230. The van der Waals surface area contributed by atoms with E-state index in [1.54, 1.807) is 37.3 Å². The van der Waals surface area contributed by atoms with Crippen molar-refractivity contribution in [3.05, 3.63) is 81.0 Å². The highest BCUT2D eigenvalue weighted by atomic mass is 32.2. The van der Waals surface area contributed by atoms with Crippen LogP contribution in [0.25, 0.3) is 0 Å². The van der Waals surface area contributed by atoms with E-state index in [9.17, 15) is 13.2 Å². The molecule has 0 saturated carbocycles. The molecule has 0 aliphatic carbocycles. The lowest BCUT2D eigenvalue weighted by Crippen LogP contribution is -2.40. The van der Waals surface area contributed by atoms with Crippen LogP contribution >= 0.6 is 11.3 Å². The van der Waals surface area contributed by atoms with Crippen LogP contribution in [0.3, 0.4) is 0 Å². The van der Waals surface area contributed by atoms with Gasteiger partial charge in [-0.15, -0.1) is 0 Å². The lowest BCUT2D eigenvalue weighted by Gasteiger charge is -2.35. The maximum atomic E-state index is 13.2. The largest absolute Gasteiger partial charge is 0.326 e. The molecule has 2 N–H and O–H groups in total. The number of carbonyl (C=O) groups is 1. The molecule has 2 aromatic carbocycles. The number of rotatable bonds is 7. The number of amides is 1. The molecule has 174 valence electrons. The first-order chi connectivity index (χ1) is 15.7. The van der Waals surface area contributed by atoms with Crippen LogP contribution < -0.4 is 10.0 Å². The van der Waals surface area contributed by atoms with Crippen LogP contribution in [-0.4, -0.2) is 32.3 Å². The number of nitrogens with zero attached hydrogens (tertiary/aromatic N) is 1. The molecule has 1 unspecified atom stereocenters. The summed E-state index contributed by atoms with van der Waals surface area (Å²) in [5.74, 6) is -0.184. The third-order valence-corrected chi connectivity index (χ3v) is 8.22. The van der Waals surface area contributed by atoms with Gasteiger partial charge in [0.05, 0.1) is 4.90 Å². The number of aryl methyl sites for hydroxylation is 2. The summed E-state index contributed by atoms with van der Waals surface area (Å²) in [5.41, 5.74) is 5.87. The van der Waals surface area contributed by atoms with Crippen molar-refractivity contribution in [3.63, 3.8) is 0 Å². The summed E-state index contributed by atoms with van der Waals surface area (Å²) in [4.78, 5) is 14.0. The van der Waals surface area contributed by atoms with E-state index in [1.165, 1.54) is 18.1 Å². The molecule has 4 rings (SSSR count). The van der Waals surface area contributed by atoms with E-state index in [0.29, 0.717) is 16.8 Å². The number of anilines is 1. The molecule has 0 radical (unpaired) electrons. The number of hydrogen-bond donors (Lipinski definition) is 2. The smallest absolute Gasteiger partial charge is 0.240 e. The molecule has 1 aromatic heterocycles. The SMILES string of the molecule is CC(=O)Nc1c(C)cc(S(=O)(=O)NCC(c2ccsc2)N2CCc3ccccc3C2)cc1C. The van der Waals surface area contributed by atoms with Crippen LogP contribution in [0.15, 0.2) is 58.1 Å². The highest BCUT2D eigenvalue weighted by Crippen LogP contribution is 2.30. The number of carbonyl (C=O) groups excluding carboxylic acids is 1. The molecule has 1 aliphatic heterocycles. The first-order valence-electron chi connectivity index (χ1n) is 11.0. The van der Waals surface area contributed by atoms with E-state index in [4.69, 9.17) is 0 Å². The Hall–Kier alpha value is -2.52. The van der Waals surface area contributed by atoms with Crippen molar-refractivity contribution in [2.24, 2.45) is 0 Å². The summed E-state index contributed by atoms with van der Waals surface area (Å²) < 4.78 is 29.3. The van der Waals surface area contributed by atoms with Gasteiger partial charge in [-0.25, -0.2) is 13.1 Å². The molecule has 1 atom stereocenters. The molecule has 33 heavy (non-hydrogen) atoms. The van der Waals surface area contributed by atoms with Crippen LogP contribution in [0.4, 0.5) is 5.69 Å². The van der Waals surface area contributed by atoms with Crippen molar-refractivity contribution in [2.75, 3.05) is 18.4 Å². The Morgan fingerprint density at radius 3 is 2.45 bits per heavy atom. The van der Waals surface area contributed by atoms with Crippen molar-refractivity contribution in [3.8, 4) is 0 Å². The van der Waals surface area contributed by atoms with Crippen molar-refractivity contribution in [1.82, 2.24) is 9.62 Å². The summed E-state index contributed by atoms with van der Waals surface area (Å²) in [6, 6.07) is 13.7. The normalized spacial score (nSPS) is 15.1. The molecule has 3 aromatic rings. The number of hydrogen-bond acceptors (Lipinski definition) is 5. The van der Waals surface area contributed by atoms with Crippen LogP contribution in [0, 0.1) is 13.8 Å².